The molecule has 0 saturated heterocycles. The Morgan fingerprint density at radius 1 is 1.12 bits per heavy atom. The molecule has 0 atom stereocenters. The molecule has 3 heterocycles. The lowest BCUT2D eigenvalue weighted by atomic mass is 10.2. The van der Waals surface area contributed by atoms with Gasteiger partial charge in [0.25, 0.3) is 0 Å². The van der Waals surface area contributed by atoms with E-state index in [1.807, 2.05) is 42.2 Å². The SMILES string of the molecule is CCc1cc(NCc2cn(C)nc2CC)nc(-c2ccccn2)n1. The fourth-order valence-corrected chi connectivity index (χ4v) is 2.59. The van der Waals surface area contributed by atoms with E-state index in [1.54, 1.807) is 6.20 Å². The quantitative estimate of drug-likeness (QED) is 0.755. The third-order valence-corrected chi connectivity index (χ3v) is 3.82. The van der Waals surface area contributed by atoms with Gasteiger partial charge in [-0.2, -0.15) is 5.10 Å². The van der Waals surface area contributed by atoms with Crippen LogP contribution in [-0.4, -0.2) is 24.7 Å². The van der Waals surface area contributed by atoms with Gasteiger partial charge in [0.2, 0.25) is 0 Å². The van der Waals surface area contributed by atoms with E-state index in [2.05, 4.69) is 39.2 Å². The minimum absolute atomic E-state index is 0.652. The molecule has 3 rings (SSSR count). The van der Waals surface area contributed by atoms with Crippen molar-refractivity contribution in [1.82, 2.24) is 24.7 Å². The Balaban J connectivity index is 1.85. The molecule has 3 aromatic heterocycles. The monoisotopic (exact) mass is 322 g/mol. The van der Waals surface area contributed by atoms with Crippen molar-refractivity contribution in [2.45, 2.75) is 33.2 Å². The second kappa shape index (κ2) is 7.21. The molecule has 24 heavy (non-hydrogen) atoms. The zero-order valence-corrected chi connectivity index (χ0v) is 14.3. The molecule has 3 aromatic rings. The molecule has 0 bridgehead atoms. The number of hydrogen-bond acceptors (Lipinski definition) is 5. The lowest BCUT2D eigenvalue weighted by molar-refractivity contribution is 0.746. The molecule has 0 aromatic carbocycles. The minimum Gasteiger partial charge on any atom is -0.366 e. The van der Waals surface area contributed by atoms with Crippen LogP contribution in [0.4, 0.5) is 5.82 Å². The van der Waals surface area contributed by atoms with Crippen LogP contribution in [0.1, 0.15) is 30.8 Å². The normalized spacial score (nSPS) is 10.8. The molecule has 0 amide bonds. The summed E-state index contributed by atoms with van der Waals surface area (Å²) in [4.78, 5) is 13.6. The molecule has 0 aliphatic carbocycles. The number of rotatable bonds is 6. The predicted molar refractivity (Wildman–Crippen MR) is 94.6 cm³/mol. The summed E-state index contributed by atoms with van der Waals surface area (Å²) < 4.78 is 1.85. The lowest BCUT2D eigenvalue weighted by Gasteiger charge is -2.09. The van der Waals surface area contributed by atoms with Crippen molar-refractivity contribution in [2.24, 2.45) is 7.05 Å². The van der Waals surface area contributed by atoms with Crippen LogP contribution in [0.25, 0.3) is 11.5 Å². The maximum Gasteiger partial charge on any atom is 0.180 e. The van der Waals surface area contributed by atoms with Crippen LogP contribution in [0.2, 0.25) is 0 Å². The van der Waals surface area contributed by atoms with Gasteiger partial charge in [0, 0.05) is 43.3 Å². The van der Waals surface area contributed by atoms with Gasteiger partial charge in [-0.15, -0.1) is 0 Å². The van der Waals surface area contributed by atoms with E-state index in [-0.39, 0.29) is 0 Å². The summed E-state index contributed by atoms with van der Waals surface area (Å²) >= 11 is 0. The molecule has 6 heteroatoms. The number of hydrogen-bond donors (Lipinski definition) is 1. The van der Waals surface area contributed by atoms with Gasteiger partial charge >= 0.3 is 0 Å². The fraction of sp³-hybridized carbons (Fsp3) is 0.333. The summed E-state index contributed by atoms with van der Waals surface area (Å²) in [6.07, 6.45) is 5.58. The van der Waals surface area contributed by atoms with E-state index >= 15 is 0 Å². The van der Waals surface area contributed by atoms with Crippen LogP contribution in [0.5, 0.6) is 0 Å². The van der Waals surface area contributed by atoms with Crippen LogP contribution < -0.4 is 5.32 Å². The van der Waals surface area contributed by atoms with Gasteiger partial charge in [-0.1, -0.05) is 19.9 Å². The maximum absolute atomic E-state index is 4.62. The van der Waals surface area contributed by atoms with Gasteiger partial charge in [-0.3, -0.25) is 9.67 Å². The topological polar surface area (TPSA) is 68.5 Å². The molecule has 0 radical (unpaired) electrons. The van der Waals surface area contributed by atoms with Gasteiger partial charge in [0.15, 0.2) is 5.82 Å². The lowest BCUT2D eigenvalue weighted by Crippen LogP contribution is -2.06. The first-order valence-electron chi connectivity index (χ1n) is 8.24. The highest BCUT2D eigenvalue weighted by Crippen LogP contribution is 2.17. The molecule has 0 spiro atoms. The number of nitrogens with one attached hydrogen (secondary N) is 1. The smallest absolute Gasteiger partial charge is 0.180 e. The highest BCUT2D eigenvalue weighted by molar-refractivity contribution is 5.53. The van der Waals surface area contributed by atoms with Crippen molar-refractivity contribution in [1.29, 1.82) is 0 Å². The van der Waals surface area contributed by atoms with E-state index in [0.29, 0.717) is 12.4 Å². The van der Waals surface area contributed by atoms with Crippen molar-refractivity contribution in [3.63, 3.8) is 0 Å². The van der Waals surface area contributed by atoms with Crippen molar-refractivity contribution < 1.29 is 0 Å². The van der Waals surface area contributed by atoms with E-state index in [1.165, 1.54) is 5.56 Å². The molecule has 0 unspecified atom stereocenters. The van der Waals surface area contributed by atoms with E-state index < -0.39 is 0 Å². The Hall–Kier alpha value is -2.76. The van der Waals surface area contributed by atoms with Gasteiger partial charge in [-0.25, -0.2) is 9.97 Å². The van der Waals surface area contributed by atoms with Crippen molar-refractivity contribution in [3.8, 4) is 11.5 Å². The van der Waals surface area contributed by atoms with Crippen molar-refractivity contribution >= 4 is 5.82 Å². The number of nitrogens with zero attached hydrogens (tertiary/aromatic N) is 5. The summed E-state index contributed by atoms with van der Waals surface area (Å²) in [7, 11) is 1.95. The third kappa shape index (κ3) is 3.59. The average Bonchev–Trinajstić information content (AvgIpc) is 3.00. The van der Waals surface area contributed by atoms with Gasteiger partial charge in [0.1, 0.15) is 11.5 Å². The summed E-state index contributed by atoms with van der Waals surface area (Å²) in [5.74, 6) is 1.47. The molecule has 0 aliphatic rings. The Morgan fingerprint density at radius 3 is 2.71 bits per heavy atom. The molecule has 6 nitrogen and oxygen atoms in total. The second-order valence-electron chi connectivity index (χ2n) is 5.62. The summed E-state index contributed by atoms with van der Waals surface area (Å²) in [6.45, 7) is 4.90. The Kier molecular flexibility index (Phi) is 4.84. The first-order chi connectivity index (χ1) is 11.7. The molecule has 1 N–H and O–H groups in total. The number of pyridine rings is 1. The Bertz CT molecular complexity index is 810. The number of anilines is 1. The van der Waals surface area contributed by atoms with Crippen LogP contribution in [0.15, 0.2) is 36.7 Å². The third-order valence-electron chi connectivity index (χ3n) is 3.82. The van der Waals surface area contributed by atoms with E-state index in [4.69, 9.17) is 0 Å². The molecular formula is C18H22N6. The predicted octanol–water partition coefficient (Wildman–Crippen LogP) is 3.01. The average molecular weight is 322 g/mol. The van der Waals surface area contributed by atoms with Crippen LogP contribution in [-0.2, 0) is 26.4 Å². The first-order valence-corrected chi connectivity index (χ1v) is 8.24. The minimum atomic E-state index is 0.652. The zero-order valence-electron chi connectivity index (χ0n) is 14.3. The van der Waals surface area contributed by atoms with Gasteiger partial charge in [-0.05, 0) is 25.0 Å². The van der Waals surface area contributed by atoms with Crippen LogP contribution in [0, 0.1) is 0 Å². The molecule has 0 fully saturated rings. The van der Waals surface area contributed by atoms with E-state index in [0.717, 1.165) is 35.7 Å². The standard InChI is InChI=1S/C18H22N6/c1-4-14-10-17(20-11-13-12-24(3)23-15(13)5-2)22-18(21-14)16-8-6-7-9-19-16/h6-10,12H,4-5,11H2,1-3H3,(H,20,21,22). The van der Waals surface area contributed by atoms with Crippen molar-refractivity contribution in [2.75, 3.05) is 5.32 Å². The highest BCUT2D eigenvalue weighted by Gasteiger charge is 2.09. The maximum atomic E-state index is 4.62. The summed E-state index contributed by atoms with van der Waals surface area (Å²) in [6, 6.07) is 7.75. The Labute approximate surface area is 142 Å². The zero-order chi connectivity index (χ0) is 16.9. The fourth-order valence-electron chi connectivity index (χ4n) is 2.59. The first kappa shape index (κ1) is 16.1. The second-order valence-corrected chi connectivity index (χ2v) is 5.62. The Morgan fingerprint density at radius 2 is 2.00 bits per heavy atom. The number of aromatic nitrogens is 5. The largest absolute Gasteiger partial charge is 0.366 e. The summed E-state index contributed by atoms with van der Waals surface area (Å²) in [5.41, 5.74) is 4.08. The number of aryl methyl sites for hydroxylation is 3. The molecule has 0 saturated carbocycles. The van der Waals surface area contributed by atoms with Crippen molar-refractivity contribution in [3.05, 3.63) is 53.6 Å². The van der Waals surface area contributed by atoms with Crippen LogP contribution in [0.3, 0.4) is 0 Å². The molecular weight excluding hydrogens is 300 g/mol. The molecule has 124 valence electrons. The van der Waals surface area contributed by atoms with Gasteiger partial charge < -0.3 is 5.32 Å². The van der Waals surface area contributed by atoms with E-state index in [9.17, 15) is 0 Å². The highest BCUT2D eigenvalue weighted by atomic mass is 15.3. The van der Waals surface area contributed by atoms with Gasteiger partial charge in [0.05, 0.1) is 5.69 Å². The summed E-state index contributed by atoms with van der Waals surface area (Å²) in [5, 5.41) is 7.88. The molecule has 0 aliphatic heterocycles. The van der Waals surface area contributed by atoms with Crippen LogP contribution >= 0.6 is 0 Å².